The van der Waals surface area contributed by atoms with Crippen LogP contribution in [0, 0.1) is 6.92 Å². The normalized spacial score (nSPS) is 17.8. The minimum atomic E-state index is -0.990. The van der Waals surface area contributed by atoms with E-state index in [1.54, 1.807) is 13.2 Å². The molecule has 5 nitrogen and oxygen atoms in total. The van der Waals surface area contributed by atoms with Crippen molar-refractivity contribution in [3.63, 3.8) is 0 Å². The quantitative estimate of drug-likeness (QED) is 0.316. The lowest BCUT2D eigenvalue weighted by molar-refractivity contribution is 0.0693. The summed E-state index contributed by atoms with van der Waals surface area (Å²) in [6.45, 7) is 4.85. The largest absolute Gasteiger partial charge is 0.496 e. The van der Waals surface area contributed by atoms with Crippen LogP contribution in [0.1, 0.15) is 57.9 Å². The van der Waals surface area contributed by atoms with Gasteiger partial charge in [0.05, 0.1) is 7.11 Å². The van der Waals surface area contributed by atoms with Gasteiger partial charge in [-0.1, -0.05) is 66.7 Å². The average molecular weight is 482 g/mol. The van der Waals surface area contributed by atoms with Gasteiger partial charge in [0, 0.05) is 29.6 Å². The molecule has 36 heavy (non-hydrogen) atoms. The Bertz CT molecular complexity index is 1410. The van der Waals surface area contributed by atoms with Crippen molar-refractivity contribution in [2.45, 2.75) is 38.3 Å². The number of carboxylic acids is 1. The maximum absolute atomic E-state index is 11.9. The van der Waals surface area contributed by atoms with E-state index in [0.717, 1.165) is 22.4 Å². The predicted octanol–water partition coefficient (Wildman–Crippen LogP) is 6.49. The summed E-state index contributed by atoms with van der Waals surface area (Å²) in [6, 6.07) is 26.5. The molecule has 0 unspecified atom stereocenters. The number of fused-ring (bicyclic) bond motifs is 2. The van der Waals surface area contributed by atoms with Gasteiger partial charge in [-0.15, -0.1) is 0 Å². The smallest absolute Gasteiger partial charge is 0.339 e. The minimum Gasteiger partial charge on any atom is -0.496 e. The van der Waals surface area contributed by atoms with E-state index in [-0.39, 0.29) is 23.6 Å². The Balaban J connectivity index is 1.45. The van der Waals surface area contributed by atoms with Crippen molar-refractivity contribution in [2.75, 3.05) is 13.7 Å². The first kappa shape index (κ1) is 23.9. The number of aromatic carboxylic acids is 1. The summed E-state index contributed by atoms with van der Waals surface area (Å²) in [7, 11) is 1.54. The van der Waals surface area contributed by atoms with Gasteiger partial charge in [0.1, 0.15) is 23.2 Å². The Morgan fingerprint density at radius 3 is 2.61 bits per heavy atom. The van der Waals surface area contributed by atoms with Crippen LogP contribution in [0.15, 0.2) is 78.9 Å². The van der Waals surface area contributed by atoms with Gasteiger partial charge in [-0.05, 0) is 54.3 Å². The third-order valence-corrected chi connectivity index (χ3v) is 7.23. The molecule has 0 bridgehead atoms. The van der Waals surface area contributed by atoms with Gasteiger partial charge in [0.15, 0.2) is 0 Å². The lowest BCUT2D eigenvalue weighted by Crippen LogP contribution is -2.37. The maximum Gasteiger partial charge on any atom is 0.339 e. The second-order valence-electron chi connectivity index (χ2n) is 9.45. The number of rotatable bonds is 7. The Morgan fingerprint density at radius 2 is 1.81 bits per heavy atom. The van der Waals surface area contributed by atoms with Gasteiger partial charge in [-0.25, -0.2) is 4.79 Å². The van der Waals surface area contributed by atoms with Crippen LogP contribution in [0.4, 0.5) is 0 Å². The van der Waals surface area contributed by atoms with Crippen LogP contribution in [0.2, 0.25) is 0 Å². The number of para-hydroxylation sites is 1. The molecule has 5 heteroatoms. The zero-order chi connectivity index (χ0) is 25.2. The average Bonchev–Trinajstić information content (AvgIpc) is 2.90. The van der Waals surface area contributed by atoms with Crippen LogP contribution in [0.3, 0.4) is 0 Å². The van der Waals surface area contributed by atoms with Gasteiger partial charge in [-0.2, -0.15) is 0 Å². The molecule has 0 saturated heterocycles. The zero-order valence-electron chi connectivity index (χ0n) is 20.8. The molecule has 1 aliphatic heterocycles. The second kappa shape index (κ2) is 10.0. The molecule has 0 fully saturated rings. The lowest BCUT2D eigenvalue weighted by Gasteiger charge is -2.35. The Hall–Kier alpha value is -3.83. The molecule has 3 atom stereocenters. The first-order valence-electron chi connectivity index (χ1n) is 12.3. The van der Waals surface area contributed by atoms with Gasteiger partial charge in [0.2, 0.25) is 0 Å². The number of benzene rings is 4. The molecule has 5 rings (SSSR count). The minimum absolute atomic E-state index is 0.0381. The molecular weight excluding hydrogens is 450 g/mol. The summed E-state index contributed by atoms with van der Waals surface area (Å²) < 4.78 is 12.1. The van der Waals surface area contributed by atoms with Crippen LogP contribution < -0.4 is 14.8 Å². The van der Waals surface area contributed by atoms with E-state index in [1.165, 1.54) is 16.3 Å². The van der Waals surface area contributed by atoms with E-state index < -0.39 is 5.97 Å². The van der Waals surface area contributed by atoms with Crippen molar-refractivity contribution >= 4 is 16.7 Å². The van der Waals surface area contributed by atoms with E-state index in [0.29, 0.717) is 18.7 Å². The molecule has 4 aromatic carbocycles. The summed E-state index contributed by atoms with van der Waals surface area (Å²) in [6.07, 6.45) is 0.631. The highest BCUT2D eigenvalue weighted by Crippen LogP contribution is 2.45. The van der Waals surface area contributed by atoms with Gasteiger partial charge in [-0.3, -0.25) is 0 Å². The maximum atomic E-state index is 11.9. The number of carboxylic acid groups (broad SMARTS) is 1. The highest BCUT2D eigenvalue weighted by molar-refractivity contribution is 5.92. The molecule has 184 valence electrons. The molecule has 2 N–H and O–H groups in total. The highest BCUT2D eigenvalue weighted by atomic mass is 16.5. The van der Waals surface area contributed by atoms with Gasteiger partial charge >= 0.3 is 5.97 Å². The third-order valence-electron chi connectivity index (χ3n) is 7.23. The fraction of sp³-hybridized carbons (Fsp3) is 0.258. The molecular formula is C31H31NO4. The SMILES string of the molecule is COc1c(C(=O)O)ccc(C)c1[C@@H]1C[C@H](CN[C@H](C)c2cccc3ccccc23)Oc2ccccc21. The van der Waals surface area contributed by atoms with E-state index in [9.17, 15) is 9.90 Å². The summed E-state index contributed by atoms with van der Waals surface area (Å²) in [5, 5.41) is 15.9. The number of hydrogen-bond donors (Lipinski definition) is 2. The van der Waals surface area contributed by atoms with Crippen molar-refractivity contribution in [2.24, 2.45) is 0 Å². The van der Waals surface area contributed by atoms with E-state index in [2.05, 4.69) is 60.8 Å². The van der Waals surface area contributed by atoms with E-state index in [1.807, 2.05) is 31.2 Å². The van der Waals surface area contributed by atoms with Crippen molar-refractivity contribution in [3.05, 3.63) is 107 Å². The van der Waals surface area contributed by atoms with Crippen molar-refractivity contribution < 1.29 is 19.4 Å². The number of carbonyl (C=O) groups is 1. The Kier molecular flexibility index (Phi) is 6.66. The van der Waals surface area contributed by atoms with E-state index in [4.69, 9.17) is 9.47 Å². The molecule has 0 spiro atoms. The zero-order valence-corrected chi connectivity index (χ0v) is 20.8. The fourth-order valence-corrected chi connectivity index (χ4v) is 5.46. The standard InChI is InChI=1S/C31H31NO4/c1-19-15-16-26(31(33)34)30(35-3)29(19)27-17-22(36-28-14-7-6-12-25(27)28)18-32-20(2)23-13-8-10-21-9-4-5-11-24(21)23/h4-16,20,22,27,32H,17-18H2,1-3H3,(H,33,34)/t20-,22-,27-/m1/s1. The highest BCUT2D eigenvalue weighted by Gasteiger charge is 2.33. The van der Waals surface area contributed by atoms with Gasteiger partial charge < -0.3 is 19.9 Å². The molecule has 0 aliphatic carbocycles. The third kappa shape index (κ3) is 4.42. The molecule has 0 aromatic heterocycles. The Morgan fingerprint density at radius 1 is 1.06 bits per heavy atom. The topological polar surface area (TPSA) is 67.8 Å². The Labute approximate surface area is 211 Å². The van der Waals surface area contributed by atoms with Crippen LogP contribution in [-0.4, -0.2) is 30.8 Å². The van der Waals surface area contributed by atoms with Crippen LogP contribution in [0.5, 0.6) is 11.5 Å². The number of aryl methyl sites for hydroxylation is 1. The molecule has 1 heterocycles. The summed E-state index contributed by atoms with van der Waals surface area (Å²) >= 11 is 0. The molecule has 0 amide bonds. The summed E-state index contributed by atoms with van der Waals surface area (Å²) in [5.41, 5.74) is 4.42. The van der Waals surface area contributed by atoms with Crippen LogP contribution in [-0.2, 0) is 0 Å². The number of nitrogens with one attached hydrogen (secondary N) is 1. The summed E-state index contributed by atoms with van der Waals surface area (Å²) in [4.78, 5) is 11.9. The first-order chi connectivity index (χ1) is 17.5. The number of ether oxygens (including phenoxy) is 2. The second-order valence-corrected chi connectivity index (χ2v) is 9.45. The van der Waals surface area contributed by atoms with Crippen molar-refractivity contribution in [1.82, 2.24) is 5.32 Å². The van der Waals surface area contributed by atoms with Crippen LogP contribution in [0.25, 0.3) is 10.8 Å². The van der Waals surface area contributed by atoms with Gasteiger partial charge in [0.25, 0.3) is 0 Å². The molecule has 0 saturated carbocycles. The monoisotopic (exact) mass is 481 g/mol. The van der Waals surface area contributed by atoms with Crippen LogP contribution >= 0.6 is 0 Å². The predicted molar refractivity (Wildman–Crippen MR) is 142 cm³/mol. The molecule has 4 aromatic rings. The first-order valence-corrected chi connectivity index (χ1v) is 12.3. The molecule has 0 radical (unpaired) electrons. The summed E-state index contributed by atoms with van der Waals surface area (Å²) in [5.74, 6) is 0.236. The number of hydrogen-bond acceptors (Lipinski definition) is 4. The fourth-order valence-electron chi connectivity index (χ4n) is 5.46. The van der Waals surface area contributed by atoms with Crippen molar-refractivity contribution in [1.29, 1.82) is 0 Å². The lowest BCUT2D eigenvalue weighted by atomic mass is 9.81. The number of methoxy groups -OCH3 is 1. The van der Waals surface area contributed by atoms with E-state index >= 15 is 0 Å². The molecule has 1 aliphatic rings. The van der Waals surface area contributed by atoms with Crippen molar-refractivity contribution in [3.8, 4) is 11.5 Å².